The van der Waals surface area contributed by atoms with Crippen molar-refractivity contribution in [1.82, 2.24) is 9.80 Å². The van der Waals surface area contributed by atoms with Crippen LogP contribution in [0.15, 0.2) is 23.9 Å². The van der Waals surface area contributed by atoms with E-state index in [0.29, 0.717) is 17.8 Å². The first-order valence-corrected chi connectivity index (χ1v) is 8.64. The molecule has 1 aromatic carbocycles. The van der Waals surface area contributed by atoms with E-state index in [1.165, 1.54) is 24.6 Å². The van der Waals surface area contributed by atoms with Gasteiger partial charge in [0.05, 0.1) is 0 Å². The van der Waals surface area contributed by atoms with Gasteiger partial charge >= 0.3 is 144 Å². The van der Waals surface area contributed by atoms with Crippen LogP contribution in [-0.4, -0.2) is 59.8 Å². The molecule has 0 radical (unpaired) electrons. The Morgan fingerprint density at radius 2 is 1.78 bits per heavy atom. The molecule has 2 N–H and O–H groups in total. The van der Waals surface area contributed by atoms with Crippen molar-refractivity contribution in [2.75, 3.05) is 13.6 Å². The summed E-state index contributed by atoms with van der Waals surface area (Å²) in [6.07, 6.45) is 6.08. The molecule has 1 aromatic rings. The summed E-state index contributed by atoms with van der Waals surface area (Å²) < 4.78 is 0.780. The number of hydrogen-bond donors (Lipinski definition) is 2. The Kier molecular flexibility index (Phi) is 5.85. The Hall–Kier alpha value is -1.78. The van der Waals surface area contributed by atoms with Crippen molar-refractivity contribution in [3.8, 4) is 11.5 Å². The summed E-state index contributed by atoms with van der Waals surface area (Å²) in [5, 5.41) is 19.1. The zero-order chi connectivity index (χ0) is 17.0. The molecule has 0 atom stereocenters. The van der Waals surface area contributed by atoms with Crippen LogP contribution in [0.5, 0.6) is 11.5 Å². The van der Waals surface area contributed by atoms with Gasteiger partial charge in [-0.1, -0.05) is 0 Å². The quantitative estimate of drug-likeness (QED) is 0.450. The van der Waals surface area contributed by atoms with Gasteiger partial charge < -0.3 is 0 Å². The average Bonchev–Trinajstić information content (AvgIpc) is 2.68. The number of aromatic hydroxyl groups is 2. The second-order valence-corrected chi connectivity index (χ2v) is 6.44. The molecule has 1 saturated heterocycles. The van der Waals surface area contributed by atoms with Crippen LogP contribution in [0.4, 0.5) is 0 Å². The van der Waals surface area contributed by atoms with E-state index >= 15 is 0 Å². The number of carbonyl (C=O) groups is 1. The van der Waals surface area contributed by atoms with Gasteiger partial charge in [-0.25, -0.2) is 0 Å². The molecule has 1 fully saturated rings. The Balaban J connectivity index is 2.17. The summed E-state index contributed by atoms with van der Waals surface area (Å²) in [7, 11) is 1.82. The zero-order valence-corrected chi connectivity index (χ0v) is 15.2. The number of phenols is 2. The first-order valence-electron chi connectivity index (χ1n) is 7.78. The van der Waals surface area contributed by atoms with E-state index in [4.69, 9.17) is 0 Å². The van der Waals surface area contributed by atoms with Crippen molar-refractivity contribution in [3.05, 3.63) is 29.5 Å². The molecule has 1 aliphatic heterocycles. The summed E-state index contributed by atoms with van der Waals surface area (Å²) in [6.45, 7) is 2.85. The van der Waals surface area contributed by atoms with Gasteiger partial charge in [-0.2, -0.15) is 0 Å². The standard InChI is InChI=1S/C17H22N2O3Se/c1-3-4-5-6-7-19-16(22)15(18(2)17(19)23)10-12-8-13(20)11-14(21)9-12/h8-11,20-21H,3-7H2,1-2H3/b15-10+. The van der Waals surface area contributed by atoms with E-state index in [9.17, 15) is 15.0 Å². The molecular formula is C17H22N2O3Se. The topological polar surface area (TPSA) is 64.0 Å². The molecule has 0 aromatic heterocycles. The van der Waals surface area contributed by atoms with Gasteiger partial charge in [-0.15, -0.1) is 0 Å². The molecule has 124 valence electrons. The minimum atomic E-state index is -0.0689. The van der Waals surface area contributed by atoms with Gasteiger partial charge in [0.25, 0.3) is 0 Å². The third-order valence-electron chi connectivity index (χ3n) is 3.81. The van der Waals surface area contributed by atoms with Gasteiger partial charge in [-0.3, -0.25) is 0 Å². The maximum atomic E-state index is 12.6. The Morgan fingerprint density at radius 1 is 1.13 bits per heavy atom. The van der Waals surface area contributed by atoms with Crippen LogP contribution in [0.1, 0.15) is 38.2 Å². The molecular weight excluding hydrogens is 359 g/mol. The van der Waals surface area contributed by atoms with Gasteiger partial charge in [0.2, 0.25) is 0 Å². The predicted octanol–water partition coefficient (Wildman–Crippen LogP) is 2.05. The molecule has 0 unspecified atom stereocenters. The van der Waals surface area contributed by atoms with Crippen molar-refractivity contribution < 1.29 is 15.0 Å². The fraction of sp³-hybridized carbons (Fsp3) is 0.412. The van der Waals surface area contributed by atoms with Crippen LogP contribution in [0, 0.1) is 0 Å². The number of likely N-dealkylation sites (N-methyl/N-ethyl adjacent to an activating group) is 1. The van der Waals surface area contributed by atoms with Gasteiger partial charge in [-0.05, 0) is 0 Å². The van der Waals surface area contributed by atoms with E-state index in [1.807, 2.05) is 7.05 Å². The fourth-order valence-electron chi connectivity index (χ4n) is 2.56. The van der Waals surface area contributed by atoms with E-state index in [2.05, 4.69) is 22.5 Å². The molecule has 1 amide bonds. The second kappa shape index (κ2) is 7.66. The van der Waals surface area contributed by atoms with Crippen LogP contribution in [0.3, 0.4) is 0 Å². The Bertz CT molecular complexity index is 622. The molecule has 0 bridgehead atoms. The SMILES string of the molecule is CCCCCCN1C(=O)/C(=C\c2cc(O)cc(O)c2)N(C)C1=[Se]. The van der Waals surface area contributed by atoms with Gasteiger partial charge in [0.15, 0.2) is 0 Å². The second-order valence-electron chi connectivity index (χ2n) is 5.67. The number of rotatable bonds is 6. The van der Waals surface area contributed by atoms with E-state index in [-0.39, 0.29) is 17.4 Å². The van der Waals surface area contributed by atoms with Crippen molar-refractivity contribution in [2.45, 2.75) is 32.6 Å². The molecule has 5 nitrogen and oxygen atoms in total. The predicted molar refractivity (Wildman–Crippen MR) is 92.1 cm³/mol. The van der Waals surface area contributed by atoms with Gasteiger partial charge in [0, 0.05) is 0 Å². The molecule has 23 heavy (non-hydrogen) atoms. The fourth-order valence-corrected chi connectivity index (χ4v) is 3.14. The Labute approximate surface area is 144 Å². The summed E-state index contributed by atoms with van der Waals surface area (Å²) in [6, 6.07) is 4.28. The van der Waals surface area contributed by atoms with E-state index in [0.717, 1.165) is 23.9 Å². The van der Waals surface area contributed by atoms with E-state index < -0.39 is 0 Å². The third kappa shape index (κ3) is 4.15. The van der Waals surface area contributed by atoms with E-state index in [1.54, 1.807) is 15.9 Å². The monoisotopic (exact) mass is 382 g/mol. The minimum absolute atomic E-state index is 0.0337. The van der Waals surface area contributed by atoms with Crippen LogP contribution >= 0.6 is 0 Å². The first kappa shape index (κ1) is 17.6. The summed E-state index contributed by atoms with van der Waals surface area (Å²) >= 11 is 2.96. The number of phenolic OH excluding ortho intramolecular Hbond substituents is 2. The summed E-state index contributed by atoms with van der Waals surface area (Å²) in [5.41, 5.74) is 1.09. The zero-order valence-electron chi connectivity index (χ0n) is 13.5. The average molecular weight is 381 g/mol. The van der Waals surface area contributed by atoms with Crippen molar-refractivity contribution in [3.63, 3.8) is 0 Å². The van der Waals surface area contributed by atoms with Crippen molar-refractivity contribution in [1.29, 1.82) is 0 Å². The molecule has 0 spiro atoms. The van der Waals surface area contributed by atoms with Crippen LogP contribution in [0.25, 0.3) is 6.08 Å². The normalized spacial score (nSPS) is 16.7. The molecule has 1 aliphatic rings. The number of carbonyl (C=O) groups excluding carboxylic acids is 1. The Morgan fingerprint density at radius 3 is 2.39 bits per heavy atom. The maximum absolute atomic E-state index is 12.6. The molecule has 0 saturated carbocycles. The first-order chi connectivity index (χ1) is 10.9. The molecule has 1 heterocycles. The van der Waals surface area contributed by atoms with Crippen LogP contribution < -0.4 is 0 Å². The number of benzene rings is 1. The summed E-state index contributed by atoms with van der Waals surface area (Å²) in [5.74, 6) is -0.136. The number of unbranched alkanes of at least 4 members (excludes halogenated alkanes) is 3. The molecule has 2 rings (SSSR count). The number of hydrogen-bond acceptors (Lipinski definition) is 4. The van der Waals surface area contributed by atoms with Crippen LogP contribution in [0.2, 0.25) is 0 Å². The number of amides is 1. The van der Waals surface area contributed by atoms with Crippen molar-refractivity contribution >= 4 is 32.2 Å². The number of nitrogens with zero attached hydrogens (tertiary/aromatic N) is 2. The molecule has 0 aliphatic carbocycles. The molecule has 6 heteroatoms. The third-order valence-corrected chi connectivity index (χ3v) is 4.84. The summed E-state index contributed by atoms with van der Waals surface area (Å²) in [4.78, 5) is 16.1. The van der Waals surface area contributed by atoms with Crippen LogP contribution in [-0.2, 0) is 4.79 Å². The van der Waals surface area contributed by atoms with Gasteiger partial charge in [0.1, 0.15) is 0 Å². The van der Waals surface area contributed by atoms with Crippen molar-refractivity contribution in [2.24, 2.45) is 0 Å².